The minimum Gasteiger partial charge on any atom is -0.454 e. The molecule has 23 heavy (non-hydrogen) atoms. The van der Waals surface area contributed by atoms with E-state index in [1.807, 2.05) is 24.3 Å². The Kier molecular flexibility index (Phi) is 4.10. The van der Waals surface area contributed by atoms with Gasteiger partial charge in [-0.2, -0.15) is 0 Å². The van der Waals surface area contributed by atoms with Gasteiger partial charge in [0.2, 0.25) is 11.8 Å². The van der Waals surface area contributed by atoms with Crippen LogP contribution in [-0.4, -0.2) is 48.3 Å². The van der Waals surface area contributed by atoms with Crippen LogP contribution in [0.2, 0.25) is 0 Å². The number of likely N-dealkylation sites (tertiary alicyclic amines) is 1. The molecule has 7 nitrogen and oxygen atoms in total. The average molecular weight is 316 g/mol. The minimum absolute atomic E-state index is 0.121. The number of nitrogens with zero attached hydrogens (tertiary/aromatic N) is 2. The summed E-state index contributed by atoms with van der Waals surface area (Å²) < 4.78 is 4.91. The maximum atomic E-state index is 12.2. The largest absolute Gasteiger partial charge is 0.454 e. The lowest BCUT2D eigenvalue weighted by molar-refractivity contribution is -0.154. The van der Waals surface area contributed by atoms with Gasteiger partial charge in [-0.1, -0.05) is 18.2 Å². The Hall–Kier alpha value is -2.70. The maximum absolute atomic E-state index is 12.2. The summed E-state index contributed by atoms with van der Waals surface area (Å²) in [5, 5.41) is 0. The van der Waals surface area contributed by atoms with Gasteiger partial charge in [0, 0.05) is 25.1 Å². The number of fused-ring (bicyclic) bond motifs is 1. The quantitative estimate of drug-likeness (QED) is 0.588. The van der Waals surface area contributed by atoms with E-state index in [0.717, 1.165) is 22.6 Å². The number of imide groups is 1. The number of esters is 1. The Labute approximate surface area is 132 Å². The molecule has 0 radical (unpaired) electrons. The van der Waals surface area contributed by atoms with Crippen LogP contribution in [0.5, 0.6) is 0 Å². The first kappa shape index (κ1) is 15.2. The number of anilines is 1. The zero-order chi connectivity index (χ0) is 16.4. The van der Waals surface area contributed by atoms with E-state index in [2.05, 4.69) is 0 Å². The molecule has 0 atom stereocenters. The number of rotatable bonds is 4. The van der Waals surface area contributed by atoms with Crippen molar-refractivity contribution in [2.75, 3.05) is 24.6 Å². The standard InChI is InChI=1S/C16H16N2O5/c19-13-5-6-14(20)18(13)9-16(22)23-10-15(21)17-8-7-11-3-1-2-4-12(11)17/h1-4H,5-10H2. The van der Waals surface area contributed by atoms with Crippen LogP contribution in [0.15, 0.2) is 24.3 Å². The molecule has 1 fully saturated rings. The smallest absolute Gasteiger partial charge is 0.326 e. The predicted molar refractivity (Wildman–Crippen MR) is 79.4 cm³/mol. The van der Waals surface area contributed by atoms with Gasteiger partial charge in [0.25, 0.3) is 5.91 Å². The molecule has 2 aliphatic heterocycles. The van der Waals surface area contributed by atoms with E-state index in [1.165, 1.54) is 0 Å². The SMILES string of the molecule is O=C(CN1C(=O)CCC1=O)OCC(=O)N1CCc2ccccc21. The van der Waals surface area contributed by atoms with Gasteiger partial charge >= 0.3 is 5.97 Å². The van der Waals surface area contributed by atoms with E-state index in [1.54, 1.807) is 4.90 Å². The summed E-state index contributed by atoms with van der Waals surface area (Å²) in [5.74, 6) is -1.84. The van der Waals surface area contributed by atoms with Crippen molar-refractivity contribution in [3.8, 4) is 0 Å². The highest BCUT2D eigenvalue weighted by molar-refractivity contribution is 6.04. The minimum atomic E-state index is -0.755. The molecule has 0 unspecified atom stereocenters. The molecule has 7 heteroatoms. The molecular formula is C16H16N2O5. The van der Waals surface area contributed by atoms with Gasteiger partial charge in [-0.3, -0.25) is 24.1 Å². The Bertz CT molecular complexity index is 669. The van der Waals surface area contributed by atoms with Crippen LogP contribution in [0.3, 0.4) is 0 Å². The number of benzene rings is 1. The van der Waals surface area contributed by atoms with Gasteiger partial charge in [0.1, 0.15) is 6.54 Å². The first-order chi connectivity index (χ1) is 11.1. The summed E-state index contributed by atoms with van der Waals surface area (Å²) in [6, 6.07) is 7.57. The molecule has 0 spiro atoms. The Balaban J connectivity index is 1.53. The normalized spacial score (nSPS) is 16.7. The average Bonchev–Trinajstić information content (AvgIpc) is 3.11. The molecule has 1 saturated heterocycles. The highest BCUT2D eigenvalue weighted by Crippen LogP contribution is 2.27. The van der Waals surface area contributed by atoms with Crippen LogP contribution in [0.25, 0.3) is 0 Å². The fourth-order valence-electron chi connectivity index (χ4n) is 2.79. The van der Waals surface area contributed by atoms with Crippen molar-refractivity contribution >= 4 is 29.4 Å². The molecule has 0 N–H and O–H groups in total. The molecule has 2 heterocycles. The van der Waals surface area contributed by atoms with Crippen molar-refractivity contribution < 1.29 is 23.9 Å². The predicted octanol–water partition coefficient (Wildman–Crippen LogP) is 0.268. The third-order valence-corrected chi connectivity index (χ3v) is 3.99. The van der Waals surface area contributed by atoms with Gasteiger partial charge in [-0.25, -0.2) is 0 Å². The molecule has 1 aromatic rings. The molecule has 3 rings (SSSR count). The fourth-order valence-corrected chi connectivity index (χ4v) is 2.79. The summed E-state index contributed by atoms with van der Waals surface area (Å²) in [4.78, 5) is 49.2. The van der Waals surface area contributed by atoms with Gasteiger partial charge in [0.15, 0.2) is 6.61 Å². The van der Waals surface area contributed by atoms with Crippen molar-refractivity contribution in [3.05, 3.63) is 29.8 Å². The molecule has 1 aromatic carbocycles. The van der Waals surface area contributed by atoms with E-state index in [4.69, 9.17) is 4.74 Å². The zero-order valence-corrected chi connectivity index (χ0v) is 12.5. The molecule has 3 amide bonds. The molecule has 0 aromatic heterocycles. The number of amides is 3. The summed E-state index contributed by atoms with van der Waals surface area (Å²) in [5.41, 5.74) is 1.92. The topological polar surface area (TPSA) is 84.0 Å². The van der Waals surface area contributed by atoms with Crippen LogP contribution in [0.1, 0.15) is 18.4 Å². The van der Waals surface area contributed by atoms with Crippen molar-refractivity contribution in [2.45, 2.75) is 19.3 Å². The van der Waals surface area contributed by atoms with E-state index in [-0.39, 0.29) is 30.6 Å². The summed E-state index contributed by atoms with van der Waals surface area (Å²) in [6.07, 6.45) is 1.01. The molecule has 0 saturated carbocycles. The van der Waals surface area contributed by atoms with Gasteiger partial charge in [0.05, 0.1) is 0 Å². The second-order valence-electron chi connectivity index (χ2n) is 5.46. The lowest BCUT2D eigenvalue weighted by Crippen LogP contribution is -2.37. The van der Waals surface area contributed by atoms with Crippen LogP contribution in [0.4, 0.5) is 5.69 Å². The summed E-state index contributed by atoms with van der Waals surface area (Å²) in [7, 11) is 0. The van der Waals surface area contributed by atoms with Crippen LogP contribution < -0.4 is 4.90 Å². The number of carbonyl (C=O) groups excluding carboxylic acids is 4. The molecule has 0 bridgehead atoms. The zero-order valence-electron chi connectivity index (χ0n) is 12.5. The number of para-hydroxylation sites is 1. The summed E-state index contributed by atoms with van der Waals surface area (Å²) in [6.45, 7) is -0.274. The third-order valence-electron chi connectivity index (χ3n) is 3.99. The van der Waals surface area contributed by atoms with Crippen molar-refractivity contribution in [2.24, 2.45) is 0 Å². The van der Waals surface area contributed by atoms with Crippen molar-refractivity contribution in [1.82, 2.24) is 4.90 Å². The lowest BCUT2D eigenvalue weighted by atomic mass is 10.2. The second kappa shape index (κ2) is 6.20. The Morgan fingerprint density at radius 3 is 2.48 bits per heavy atom. The number of carbonyl (C=O) groups is 4. The number of hydrogen-bond acceptors (Lipinski definition) is 5. The number of ether oxygens (including phenoxy) is 1. The van der Waals surface area contributed by atoms with Crippen LogP contribution in [-0.2, 0) is 30.3 Å². The highest BCUT2D eigenvalue weighted by atomic mass is 16.5. The lowest BCUT2D eigenvalue weighted by Gasteiger charge is -2.18. The number of hydrogen-bond donors (Lipinski definition) is 0. The van der Waals surface area contributed by atoms with E-state index in [9.17, 15) is 19.2 Å². The third kappa shape index (κ3) is 3.08. The van der Waals surface area contributed by atoms with Gasteiger partial charge in [-0.15, -0.1) is 0 Å². The second-order valence-corrected chi connectivity index (χ2v) is 5.46. The molecule has 2 aliphatic rings. The highest BCUT2D eigenvalue weighted by Gasteiger charge is 2.31. The Morgan fingerprint density at radius 2 is 1.74 bits per heavy atom. The summed E-state index contributed by atoms with van der Waals surface area (Å²) >= 11 is 0. The monoisotopic (exact) mass is 316 g/mol. The Morgan fingerprint density at radius 1 is 1.04 bits per heavy atom. The van der Waals surface area contributed by atoms with Crippen molar-refractivity contribution in [1.29, 1.82) is 0 Å². The maximum Gasteiger partial charge on any atom is 0.326 e. The van der Waals surface area contributed by atoms with Crippen LogP contribution >= 0.6 is 0 Å². The van der Waals surface area contributed by atoms with E-state index < -0.39 is 19.1 Å². The molecular weight excluding hydrogens is 300 g/mol. The molecule has 0 aliphatic carbocycles. The van der Waals surface area contributed by atoms with Gasteiger partial charge in [-0.05, 0) is 18.1 Å². The van der Waals surface area contributed by atoms with Crippen molar-refractivity contribution in [3.63, 3.8) is 0 Å². The van der Waals surface area contributed by atoms with Crippen LogP contribution in [0, 0.1) is 0 Å². The fraction of sp³-hybridized carbons (Fsp3) is 0.375. The van der Waals surface area contributed by atoms with E-state index >= 15 is 0 Å². The molecule has 120 valence electrons. The van der Waals surface area contributed by atoms with E-state index in [0.29, 0.717) is 6.54 Å². The van der Waals surface area contributed by atoms with Gasteiger partial charge < -0.3 is 9.64 Å². The first-order valence-electron chi connectivity index (χ1n) is 7.43. The first-order valence-corrected chi connectivity index (χ1v) is 7.43.